The minimum Gasteiger partial charge on any atom is -0.341 e. The van der Waals surface area contributed by atoms with Gasteiger partial charge in [0, 0.05) is 37.2 Å². The van der Waals surface area contributed by atoms with Crippen molar-refractivity contribution in [3.8, 4) is 0 Å². The molecule has 1 atom stereocenters. The average molecular weight is 347 g/mol. The van der Waals surface area contributed by atoms with Crippen LogP contribution in [0.15, 0.2) is 6.07 Å². The topological polar surface area (TPSA) is 61.4 Å². The zero-order valence-electron chi connectivity index (χ0n) is 13.0. The fourth-order valence-corrected chi connectivity index (χ4v) is 2.51. The highest BCUT2D eigenvalue weighted by Gasteiger charge is 2.26. The molecule has 1 aromatic rings. The van der Waals surface area contributed by atoms with E-state index in [0.717, 1.165) is 0 Å². The normalized spacial score (nSPS) is 17.0. The van der Waals surface area contributed by atoms with Crippen molar-refractivity contribution in [1.29, 1.82) is 0 Å². The molecule has 0 unspecified atom stereocenters. The Morgan fingerprint density at radius 3 is 2.42 bits per heavy atom. The van der Waals surface area contributed by atoms with Gasteiger partial charge in [-0.1, -0.05) is 6.92 Å². The lowest BCUT2D eigenvalue weighted by molar-refractivity contribution is -0.129. The van der Waals surface area contributed by atoms with Gasteiger partial charge in [-0.2, -0.15) is 0 Å². The number of hydrogen-bond acceptors (Lipinski definition) is 2. The van der Waals surface area contributed by atoms with Crippen LogP contribution >= 0.6 is 0 Å². The monoisotopic (exact) mass is 347 g/mol. The fraction of sp³-hybridized carbons (Fsp3) is 0.467. The van der Waals surface area contributed by atoms with Gasteiger partial charge in [0.1, 0.15) is 0 Å². The molecular weight excluding hydrogens is 330 g/mol. The zero-order chi connectivity index (χ0) is 17.9. The van der Waals surface area contributed by atoms with Gasteiger partial charge >= 0.3 is 6.03 Å². The van der Waals surface area contributed by atoms with Crippen molar-refractivity contribution in [3.05, 3.63) is 34.9 Å². The number of hydrogen-bond donors (Lipinski definition) is 2. The number of halogens is 4. The third-order valence-electron chi connectivity index (χ3n) is 3.81. The van der Waals surface area contributed by atoms with Crippen LogP contribution in [0.2, 0.25) is 0 Å². The molecule has 1 fully saturated rings. The number of carbonyl (C=O) groups excluding carboxylic acids is 2. The van der Waals surface area contributed by atoms with E-state index in [1.807, 2.05) is 0 Å². The maximum atomic E-state index is 13.5. The second kappa shape index (κ2) is 7.50. The Labute approximate surface area is 136 Å². The minimum atomic E-state index is -1.55. The van der Waals surface area contributed by atoms with Crippen LogP contribution in [0, 0.1) is 23.3 Å². The molecule has 1 aromatic carbocycles. The van der Waals surface area contributed by atoms with Gasteiger partial charge in [0.25, 0.3) is 0 Å². The summed E-state index contributed by atoms with van der Waals surface area (Å²) in [5, 5.41) is 4.70. The third-order valence-corrected chi connectivity index (χ3v) is 3.81. The van der Waals surface area contributed by atoms with Crippen LogP contribution < -0.4 is 10.6 Å². The molecule has 2 rings (SSSR count). The molecule has 24 heavy (non-hydrogen) atoms. The maximum absolute atomic E-state index is 13.5. The highest BCUT2D eigenvalue weighted by atomic mass is 19.2. The number of nitrogens with one attached hydrogen (secondary N) is 2. The van der Waals surface area contributed by atoms with E-state index in [4.69, 9.17) is 0 Å². The van der Waals surface area contributed by atoms with Gasteiger partial charge in [-0.05, 0) is 6.42 Å². The highest BCUT2D eigenvalue weighted by molar-refractivity contribution is 5.77. The highest BCUT2D eigenvalue weighted by Crippen LogP contribution is 2.19. The van der Waals surface area contributed by atoms with Gasteiger partial charge in [0.2, 0.25) is 5.91 Å². The Bertz CT molecular complexity index is 628. The molecule has 0 radical (unpaired) electrons. The molecule has 0 aliphatic carbocycles. The number of rotatable bonds is 4. The first-order valence-electron chi connectivity index (χ1n) is 7.47. The van der Waals surface area contributed by atoms with Crippen LogP contribution in [0.4, 0.5) is 22.4 Å². The summed E-state index contributed by atoms with van der Waals surface area (Å²) < 4.78 is 53.1. The first-order valence-corrected chi connectivity index (χ1v) is 7.47. The predicted molar refractivity (Wildman–Crippen MR) is 76.9 cm³/mol. The van der Waals surface area contributed by atoms with Crippen molar-refractivity contribution in [1.82, 2.24) is 15.5 Å². The van der Waals surface area contributed by atoms with Crippen LogP contribution in [0.3, 0.4) is 0 Å². The van der Waals surface area contributed by atoms with E-state index in [-0.39, 0.29) is 18.0 Å². The predicted octanol–water partition coefficient (Wildman–Crippen LogP) is 2.05. The van der Waals surface area contributed by atoms with Crippen molar-refractivity contribution in [2.24, 2.45) is 0 Å². The maximum Gasteiger partial charge on any atom is 0.315 e. The molecule has 0 bridgehead atoms. The first kappa shape index (κ1) is 18.0. The van der Waals surface area contributed by atoms with E-state index in [1.165, 1.54) is 0 Å². The Morgan fingerprint density at radius 2 is 1.83 bits per heavy atom. The van der Waals surface area contributed by atoms with E-state index >= 15 is 0 Å². The van der Waals surface area contributed by atoms with Gasteiger partial charge < -0.3 is 15.5 Å². The molecule has 1 heterocycles. The Kier molecular flexibility index (Phi) is 5.63. The SMILES string of the molecule is CCC(=O)N1CC[C@H](NC(=O)NCc2c(F)c(F)cc(F)c2F)C1. The summed E-state index contributed by atoms with van der Waals surface area (Å²) in [6.45, 7) is 1.88. The van der Waals surface area contributed by atoms with Crippen molar-refractivity contribution >= 4 is 11.9 Å². The molecule has 1 aliphatic rings. The Hall–Kier alpha value is -2.32. The molecule has 1 saturated heterocycles. The first-order chi connectivity index (χ1) is 11.3. The van der Waals surface area contributed by atoms with E-state index in [2.05, 4.69) is 10.6 Å². The summed E-state index contributed by atoms with van der Waals surface area (Å²) in [5.41, 5.74) is -0.892. The van der Waals surface area contributed by atoms with Gasteiger partial charge in [-0.3, -0.25) is 4.79 Å². The Balaban J connectivity index is 1.90. The molecule has 9 heteroatoms. The number of carbonyl (C=O) groups is 2. The van der Waals surface area contributed by atoms with Gasteiger partial charge in [-0.25, -0.2) is 22.4 Å². The van der Waals surface area contributed by atoms with E-state index in [1.54, 1.807) is 11.8 Å². The molecule has 5 nitrogen and oxygen atoms in total. The molecule has 132 valence electrons. The van der Waals surface area contributed by atoms with Crippen molar-refractivity contribution in [2.45, 2.75) is 32.4 Å². The second-order valence-electron chi connectivity index (χ2n) is 5.45. The fourth-order valence-electron chi connectivity index (χ4n) is 2.51. The van der Waals surface area contributed by atoms with Gasteiger partial charge in [0.15, 0.2) is 23.3 Å². The minimum absolute atomic E-state index is 0.0286. The number of amides is 3. The van der Waals surface area contributed by atoms with Crippen molar-refractivity contribution in [2.75, 3.05) is 13.1 Å². The molecule has 0 spiro atoms. The Morgan fingerprint density at radius 1 is 1.21 bits per heavy atom. The molecule has 2 N–H and O–H groups in total. The summed E-state index contributed by atoms with van der Waals surface area (Å²) in [6.07, 6.45) is 0.916. The number of nitrogens with zero attached hydrogens (tertiary/aromatic N) is 1. The number of urea groups is 1. The second-order valence-corrected chi connectivity index (χ2v) is 5.45. The molecule has 3 amide bonds. The molecule has 0 saturated carbocycles. The quantitative estimate of drug-likeness (QED) is 0.647. The summed E-state index contributed by atoms with van der Waals surface area (Å²) in [7, 11) is 0. The molecular formula is C15H17F4N3O2. The van der Waals surface area contributed by atoms with Crippen LogP contribution in [0.5, 0.6) is 0 Å². The third kappa shape index (κ3) is 3.95. The lowest BCUT2D eigenvalue weighted by atomic mass is 10.2. The summed E-state index contributed by atoms with van der Waals surface area (Å²) in [5.74, 6) is -6.19. The van der Waals surface area contributed by atoms with Gasteiger partial charge in [-0.15, -0.1) is 0 Å². The molecule has 1 aliphatic heterocycles. The van der Waals surface area contributed by atoms with Crippen LogP contribution in [-0.4, -0.2) is 36.0 Å². The van der Waals surface area contributed by atoms with Gasteiger partial charge in [0.05, 0.1) is 6.54 Å². The van der Waals surface area contributed by atoms with E-state index in [9.17, 15) is 27.2 Å². The van der Waals surface area contributed by atoms with E-state index < -0.39 is 41.4 Å². The largest absolute Gasteiger partial charge is 0.341 e. The summed E-state index contributed by atoms with van der Waals surface area (Å²) >= 11 is 0. The van der Waals surface area contributed by atoms with Crippen LogP contribution in [-0.2, 0) is 11.3 Å². The lowest BCUT2D eigenvalue weighted by Gasteiger charge is -2.16. The standard InChI is InChI=1S/C15H17F4N3O2/c1-2-12(23)22-4-3-8(7-22)21-15(24)20-6-9-13(18)10(16)5-11(17)14(9)19/h5,8H,2-4,6-7H2,1H3,(H2,20,21,24)/t8-/m0/s1. The smallest absolute Gasteiger partial charge is 0.315 e. The molecule has 0 aromatic heterocycles. The average Bonchev–Trinajstić information content (AvgIpc) is 3.00. The van der Waals surface area contributed by atoms with Crippen molar-refractivity contribution in [3.63, 3.8) is 0 Å². The zero-order valence-corrected chi connectivity index (χ0v) is 13.0. The summed E-state index contributed by atoms with van der Waals surface area (Å²) in [4.78, 5) is 24.9. The number of benzene rings is 1. The van der Waals surface area contributed by atoms with Crippen molar-refractivity contribution < 1.29 is 27.2 Å². The number of likely N-dealkylation sites (tertiary alicyclic amines) is 1. The summed E-state index contributed by atoms with van der Waals surface area (Å²) in [6, 6.07) is -0.930. The van der Waals surface area contributed by atoms with Crippen LogP contribution in [0.1, 0.15) is 25.3 Å². The van der Waals surface area contributed by atoms with E-state index in [0.29, 0.717) is 25.9 Å². The lowest BCUT2D eigenvalue weighted by Crippen LogP contribution is -2.43. The van der Waals surface area contributed by atoms with Crippen LogP contribution in [0.25, 0.3) is 0 Å².